The Balaban J connectivity index is 1.66. The lowest BCUT2D eigenvalue weighted by Crippen LogP contribution is -2.48. The molecule has 1 saturated heterocycles. The Morgan fingerprint density at radius 3 is 2.53 bits per heavy atom. The zero-order valence-corrected chi connectivity index (χ0v) is 18.1. The van der Waals surface area contributed by atoms with E-state index in [2.05, 4.69) is 40.7 Å². The number of halogens is 1. The second-order valence-electron chi connectivity index (χ2n) is 7.83. The van der Waals surface area contributed by atoms with Crippen molar-refractivity contribution in [2.24, 2.45) is 4.99 Å². The van der Waals surface area contributed by atoms with E-state index in [9.17, 15) is 4.39 Å². The molecule has 0 radical (unpaired) electrons. The van der Waals surface area contributed by atoms with Crippen molar-refractivity contribution in [3.8, 4) is 5.75 Å². The molecule has 0 amide bonds. The Bertz CT molecular complexity index is 846. The van der Waals surface area contributed by atoms with Crippen LogP contribution in [0.15, 0.2) is 47.5 Å². The monoisotopic (exact) mass is 413 g/mol. The summed E-state index contributed by atoms with van der Waals surface area (Å²) in [5.74, 6) is 1.47. The van der Waals surface area contributed by atoms with Crippen molar-refractivity contribution < 1.29 is 13.9 Å². The van der Waals surface area contributed by atoms with E-state index in [0.29, 0.717) is 0 Å². The minimum absolute atomic E-state index is 0.0792. The van der Waals surface area contributed by atoms with Crippen LogP contribution in [0.5, 0.6) is 5.75 Å². The number of nitrogens with one attached hydrogen (secondary N) is 2. The fraction of sp³-hybridized carbons (Fsp3) is 0.458. The van der Waals surface area contributed by atoms with Gasteiger partial charge in [-0.3, -0.25) is 4.99 Å². The average molecular weight is 414 g/mol. The van der Waals surface area contributed by atoms with E-state index in [0.717, 1.165) is 62.8 Å². The zero-order chi connectivity index (χ0) is 21.4. The molecular weight excluding hydrogens is 381 g/mol. The maximum absolute atomic E-state index is 13.1. The van der Waals surface area contributed by atoms with Crippen molar-refractivity contribution in [1.29, 1.82) is 0 Å². The van der Waals surface area contributed by atoms with Gasteiger partial charge in [0.2, 0.25) is 0 Å². The molecule has 0 bridgehead atoms. The highest BCUT2D eigenvalue weighted by Crippen LogP contribution is 2.40. The predicted molar refractivity (Wildman–Crippen MR) is 119 cm³/mol. The molecule has 0 unspecified atom stereocenters. The van der Waals surface area contributed by atoms with Gasteiger partial charge in [0.1, 0.15) is 11.6 Å². The van der Waals surface area contributed by atoms with Crippen LogP contribution in [0.1, 0.15) is 29.5 Å². The number of hydrogen-bond acceptors (Lipinski definition) is 3. The van der Waals surface area contributed by atoms with Crippen LogP contribution in [0.4, 0.5) is 4.39 Å². The van der Waals surface area contributed by atoms with Crippen molar-refractivity contribution in [1.82, 2.24) is 10.6 Å². The predicted octanol–water partition coefficient (Wildman–Crippen LogP) is 3.60. The second kappa shape index (κ2) is 10.4. The van der Waals surface area contributed by atoms with E-state index in [-0.39, 0.29) is 11.2 Å². The Labute approximate surface area is 178 Å². The molecule has 5 nitrogen and oxygen atoms in total. The molecule has 3 rings (SSSR count). The molecule has 2 aromatic rings. The summed E-state index contributed by atoms with van der Waals surface area (Å²) in [6, 6.07) is 13.0. The van der Waals surface area contributed by atoms with Gasteiger partial charge in [-0.25, -0.2) is 4.39 Å². The molecule has 0 aromatic heterocycles. The van der Waals surface area contributed by atoms with E-state index < -0.39 is 0 Å². The lowest BCUT2D eigenvalue weighted by Gasteiger charge is -2.39. The topological polar surface area (TPSA) is 54.9 Å². The second-order valence-corrected chi connectivity index (χ2v) is 7.83. The highest BCUT2D eigenvalue weighted by Gasteiger charge is 2.37. The lowest BCUT2D eigenvalue weighted by molar-refractivity contribution is 0.0505. The molecule has 0 saturated carbocycles. The van der Waals surface area contributed by atoms with Crippen LogP contribution in [-0.2, 0) is 16.6 Å². The summed E-state index contributed by atoms with van der Waals surface area (Å²) in [6.45, 7) is 5.03. The highest BCUT2D eigenvalue weighted by molar-refractivity contribution is 5.79. The first-order valence-electron chi connectivity index (χ1n) is 10.5. The van der Waals surface area contributed by atoms with Gasteiger partial charge < -0.3 is 20.1 Å². The smallest absolute Gasteiger partial charge is 0.191 e. The van der Waals surface area contributed by atoms with Gasteiger partial charge in [-0.2, -0.15) is 0 Å². The van der Waals surface area contributed by atoms with Crippen LogP contribution in [0.2, 0.25) is 0 Å². The van der Waals surface area contributed by atoms with E-state index in [1.165, 1.54) is 23.3 Å². The number of aryl methyl sites for hydroxylation is 1. The molecule has 0 atom stereocenters. The van der Waals surface area contributed by atoms with Gasteiger partial charge in [0, 0.05) is 44.3 Å². The molecule has 0 aliphatic carbocycles. The maximum atomic E-state index is 13.1. The number of benzene rings is 2. The minimum Gasteiger partial charge on any atom is -0.496 e. The molecule has 30 heavy (non-hydrogen) atoms. The number of nitrogens with zero attached hydrogens (tertiary/aromatic N) is 1. The average Bonchev–Trinajstić information content (AvgIpc) is 2.78. The van der Waals surface area contributed by atoms with E-state index in [1.807, 2.05) is 12.1 Å². The van der Waals surface area contributed by atoms with E-state index in [1.54, 1.807) is 14.2 Å². The summed E-state index contributed by atoms with van der Waals surface area (Å²) >= 11 is 0. The van der Waals surface area contributed by atoms with Crippen LogP contribution < -0.4 is 15.4 Å². The Morgan fingerprint density at radius 1 is 1.13 bits per heavy atom. The van der Waals surface area contributed by atoms with Crippen molar-refractivity contribution in [2.45, 2.75) is 31.6 Å². The Hall–Kier alpha value is -2.60. The normalized spacial score (nSPS) is 16.2. The number of ether oxygens (including phenoxy) is 2. The quantitative estimate of drug-likeness (QED) is 0.538. The fourth-order valence-corrected chi connectivity index (χ4v) is 3.99. The number of methoxy groups -OCH3 is 1. The van der Waals surface area contributed by atoms with Gasteiger partial charge in [-0.05, 0) is 49.9 Å². The number of aliphatic imine (C=N–C) groups is 1. The van der Waals surface area contributed by atoms with Gasteiger partial charge in [-0.1, -0.05) is 29.8 Å². The molecule has 6 heteroatoms. The Kier molecular flexibility index (Phi) is 7.69. The number of guanidine groups is 1. The molecule has 2 N–H and O–H groups in total. The summed E-state index contributed by atoms with van der Waals surface area (Å²) in [4.78, 5) is 4.37. The van der Waals surface area contributed by atoms with Gasteiger partial charge in [0.05, 0.1) is 7.11 Å². The van der Waals surface area contributed by atoms with Crippen molar-refractivity contribution in [3.05, 3.63) is 65.0 Å². The van der Waals surface area contributed by atoms with Crippen molar-refractivity contribution >= 4 is 5.96 Å². The molecule has 1 aliphatic heterocycles. The third-order valence-corrected chi connectivity index (χ3v) is 5.81. The molecular formula is C24H32FN3O2. The summed E-state index contributed by atoms with van der Waals surface area (Å²) < 4.78 is 24.4. The van der Waals surface area contributed by atoms with E-state index >= 15 is 0 Å². The van der Waals surface area contributed by atoms with Crippen LogP contribution in [-0.4, -0.2) is 46.4 Å². The maximum Gasteiger partial charge on any atom is 0.191 e. The first-order valence-corrected chi connectivity index (χ1v) is 10.5. The zero-order valence-electron chi connectivity index (χ0n) is 18.1. The molecule has 2 aromatic carbocycles. The third kappa shape index (κ3) is 5.51. The van der Waals surface area contributed by atoms with Gasteiger partial charge >= 0.3 is 0 Å². The first kappa shape index (κ1) is 22.1. The number of hydrogen-bond donors (Lipinski definition) is 2. The molecule has 1 heterocycles. The van der Waals surface area contributed by atoms with Gasteiger partial charge in [-0.15, -0.1) is 0 Å². The summed E-state index contributed by atoms with van der Waals surface area (Å²) in [5, 5.41) is 6.88. The highest BCUT2D eigenvalue weighted by atomic mass is 19.1. The summed E-state index contributed by atoms with van der Waals surface area (Å²) in [5.41, 5.74) is 3.45. The van der Waals surface area contributed by atoms with E-state index in [4.69, 9.17) is 9.47 Å². The summed E-state index contributed by atoms with van der Waals surface area (Å²) in [6.07, 6.45) is 2.64. The molecule has 1 fully saturated rings. The van der Waals surface area contributed by atoms with Crippen LogP contribution >= 0.6 is 0 Å². The van der Waals surface area contributed by atoms with Crippen LogP contribution in [0.3, 0.4) is 0 Å². The van der Waals surface area contributed by atoms with Crippen LogP contribution in [0.25, 0.3) is 0 Å². The third-order valence-electron chi connectivity index (χ3n) is 5.81. The summed E-state index contributed by atoms with van der Waals surface area (Å²) in [7, 11) is 3.50. The first-order chi connectivity index (χ1) is 14.6. The molecule has 0 spiro atoms. The van der Waals surface area contributed by atoms with Crippen molar-refractivity contribution in [3.63, 3.8) is 0 Å². The molecule has 162 valence electrons. The number of rotatable bonds is 7. The Morgan fingerprint density at radius 2 is 1.87 bits per heavy atom. The standard InChI is InChI=1S/C24H32FN3O2/c1-18-4-9-22(29-3)21(16-18)24(11-14-30-15-12-24)17-28-23(26-2)27-13-10-19-5-7-20(25)8-6-19/h4-9,16H,10-15,17H2,1-3H3,(H2,26,27,28). The van der Waals surface area contributed by atoms with Gasteiger partial charge in [0.25, 0.3) is 0 Å². The molecule has 1 aliphatic rings. The van der Waals surface area contributed by atoms with Crippen molar-refractivity contribution in [2.75, 3.05) is 40.5 Å². The SMILES string of the molecule is CN=C(NCCc1ccc(F)cc1)NCC1(c2cc(C)ccc2OC)CCOCC1. The minimum atomic E-state index is -0.211. The van der Waals surface area contributed by atoms with Crippen LogP contribution in [0, 0.1) is 12.7 Å². The fourth-order valence-electron chi connectivity index (χ4n) is 3.99. The van der Waals surface area contributed by atoms with Gasteiger partial charge in [0.15, 0.2) is 5.96 Å². The lowest BCUT2D eigenvalue weighted by atomic mass is 9.73. The largest absolute Gasteiger partial charge is 0.496 e.